The largest absolute Gasteiger partial charge is 0.496 e. The van der Waals surface area contributed by atoms with Gasteiger partial charge in [0.1, 0.15) is 23.1 Å². The molecule has 14 heteroatoms. The van der Waals surface area contributed by atoms with E-state index in [9.17, 15) is 4.79 Å². The number of pyridine rings is 2. The van der Waals surface area contributed by atoms with E-state index in [1.54, 1.807) is 79.1 Å². The van der Waals surface area contributed by atoms with Gasteiger partial charge in [-0.25, -0.2) is 8.78 Å². The minimum Gasteiger partial charge on any atom is -0.496 e. The van der Waals surface area contributed by atoms with Crippen LogP contribution in [0, 0.1) is 11.6 Å². The Morgan fingerprint density at radius 2 is 1.17 bits per heavy atom. The molecule has 0 bridgehead atoms. The maximum Gasteiger partial charge on any atom is 0.220 e. The molecule has 1 amide bonds. The van der Waals surface area contributed by atoms with Crippen LogP contribution in [0.4, 0.5) is 8.78 Å². The number of hydrogen-bond acceptors (Lipinski definition) is 6. The highest BCUT2D eigenvalue weighted by Crippen LogP contribution is 2.37. The zero-order valence-electron chi connectivity index (χ0n) is 32.4. The molecule has 6 aromatic rings. The number of alkyl halides is 3. The van der Waals surface area contributed by atoms with Gasteiger partial charge in [-0.3, -0.25) is 14.8 Å². The second-order valence-corrected chi connectivity index (χ2v) is 14.8. The molecule has 0 saturated carbocycles. The zero-order valence-corrected chi connectivity index (χ0v) is 36.2. The van der Waals surface area contributed by atoms with Crippen molar-refractivity contribution in [3.05, 3.63) is 165 Å². The number of ether oxygens (including phenoxy) is 2. The van der Waals surface area contributed by atoms with E-state index in [1.807, 2.05) is 30.3 Å². The summed E-state index contributed by atoms with van der Waals surface area (Å²) in [7, 11) is 3.04. The fraction of sp³-hybridized carbons (Fsp3) is 0.222. The fourth-order valence-electron chi connectivity index (χ4n) is 5.99. The molecular weight excluding hydrogens is 860 g/mol. The van der Waals surface area contributed by atoms with E-state index in [0.717, 1.165) is 22.5 Å². The van der Waals surface area contributed by atoms with Crippen LogP contribution in [0.2, 0.25) is 10.0 Å². The number of nitrogens with zero attached hydrogens (tertiary/aromatic N) is 2. The van der Waals surface area contributed by atoms with Crippen LogP contribution in [0.1, 0.15) is 40.1 Å². The lowest BCUT2D eigenvalue weighted by molar-refractivity contribution is -0.120. The first kappa shape index (κ1) is 47.2. The highest BCUT2D eigenvalue weighted by molar-refractivity contribution is 6.40. The van der Waals surface area contributed by atoms with Crippen molar-refractivity contribution in [3.8, 4) is 33.8 Å². The van der Waals surface area contributed by atoms with Crippen LogP contribution < -0.4 is 20.5 Å². The van der Waals surface area contributed by atoms with E-state index in [0.29, 0.717) is 99.6 Å². The number of hydrogen-bond donors (Lipinski definition) is 2. The van der Waals surface area contributed by atoms with E-state index < -0.39 is 0 Å². The Kier molecular flexibility index (Phi) is 19.7. The summed E-state index contributed by atoms with van der Waals surface area (Å²) in [6.07, 6.45) is 5.14. The molecule has 0 aliphatic heterocycles. The van der Waals surface area contributed by atoms with Gasteiger partial charge in [0.15, 0.2) is 0 Å². The third-order valence-electron chi connectivity index (χ3n) is 8.83. The molecule has 3 N–H and O–H groups in total. The van der Waals surface area contributed by atoms with E-state index in [1.165, 1.54) is 14.2 Å². The molecule has 0 unspecified atom stereocenters. The first-order valence-corrected chi connectivity index (χ1v) is 20.7. The first-order valence-electron chi connectivity index (χ1n) is 18.3. The lowest BCUT2D eigenvalue weighted by Crippen LogP contribution is -2.25. The van der Waals surface area contributed by atoms with Crippen LogP contribution in [0.3, 0.4) is 0 Å². The number of aryl methyl sites for hydroxylation is 1. The average molecular weight is 903 g/mol. The van der Waals surface area contributed by atoms with Crippen molar-refractivity contribution < 1.29 is 23.0 Å². The topological polar surface area (TPSA) is 99.4 Å². The quantitative estimate of drug-likeness (QED) is 0.106. The van der Waals surface area contributed by atoms with Crippen LogP contribution >= 0.6 is 58.0 Å². The summed E-state index contributed by atoms with van der Waals surface area (Å²) in [6, 6.07) is 28.7. The molecule has 0 saturated heterocycles. The summed E-state index contributed by atoms with van der Waals surface area (Å²) in [5.74, 6) is 0.593. The molecule has 4 aromatic carbocycles. The van der Waals surface area contributed by atoms with Gasteiger partial charge in [0, 0.05) is 66.4 Å². The van der Waals surface area contributed by atoms with Crippen LogP contribution in [-0.4, -0.2) is 47.9 Å². The van der Waals surface area contributed by atoms with Crippen LogP contribution in [0.5, 0.6) is 11.5 Å². The number of carbonyl (C=O) groups is 1. The molecule has 59 heavy (non-hydrogen) atoms. The fourth-order valence-corrected chi connectivity index (χ4v) is 6.46. The predicted molar refractivity (Wildman–Crippen MR) is 237 cm³/mol. The molecule has 7 nitrogen and oxygen atoms in total. The Morgan fingerprint density at radius 1 is 0.695 bits per heavy atom. The van der Waals surface area contributed by atoms with Gasteiger partial charge in [-0.05, 0) is 88.3 Å². The Labute approximate surface area is 368 Å². The summed E-state index contributed by atoms with van der Waals surface area (Å²) in [5, 5.41) is 4.00. The molecule has 0 spiro atoms. The van der Waals surface area contributed by atoms with Crippen molar-refractivity contribution in [2.75, 3.05) is 32.0 Å². The monoisotopic (exact) mass is 900 g/mol. The molecule has 0 atom stereocenters. The third-order valence-corrected chi connectivity index (χ3v) is 9.49. The van der Waals surface area contributed by atoms with E-state index >= 15 is 8.78 Å². The molecule has 2 aromatic heterocycles. The number of halogens is 7. The molecular formula is C45H43Cl5F2N4O3. The Morgan fingerprint density at radius 3 is 1.56 bits per heavy atom. The van der Waals surface area contributed by atoms with Gasteiger partial charge in [-0.1, -0.05) is 71.7 Å². The van der Waals surface area contributed by atoms with Crippen LogP contribution in [-0.2, 0) is 30.6 Å². The number of methoxy groups -OCH3 is 2. The van der Waals surface area contributed by atoms with Crippen LogP contribution in [0.15, 0.2) is 109 Å². The normalized spacial score (nSPS) is 10.5. The standard InChI is InChI=1S/C24H23Cl2FN2O2.C20H18ClFN2O.CH2Cl2/c1-31-21-9-6-18(24(27)23(21)17-3-2-4-19(26)14-17)13-16-5-7-20(29-15-16)8-10-22(30)28-12-11-25;1-25-18-8-6-15(9-13-5-7-17(11-23)24-12-13)20(22)19(18)14-3-2-4-16(21)10-14;2-1-3/h2-7,9,14-15H,8,10-13H2,1H3,(H,28,30);2-8,10,12H,9,11,23H2,1H3;1H2. The molecule has 0 fully saturated rings. The summed E-state index contributed by atoms with van der Waals surface area (Å²) < 4.78 is 41.3. The lowest BCUT2D eigenvalue weighted by atomic mass is 9.97. The summed E-state index contributed by atoms with van der Waals surface area (Å²) >= 11 is 27.2. The average Bonchev–Trinajstić information content (AvgIpc) is 3.24. The number of nitrogens with one attached hydrogen (secondary N) is 1. The summed E-state index contributed by atoms with van der Waals surface area (Å²) in [6.45, 7) is 0.841. The van der Waals surface area contributed by atoms with Crippen molar-refractivity contribution in [2.45, 2.75) is 32.2 Å². The number of rotatable bonds is 14. The molecule has 6 rings (SSSR count). The van der Waals surface area contributed by atoms with Gasteiger partial charge < -0.3 is 20.5 Å². The Balaban J connectivity index is 0.000000249. The second kappa shape index (κ2) is 24.6. The van der Waals surface area contributed by atoms with Crippen molar-refractivity contribution in [1.82, 2.24) is 15.3 Å². The summed E-state index contributed by atoms with van der Waals surface area (Å²) in [5.41, 5.74) is 12.2. The van der Waals surface area contributed by atoms with E-state index in [-0.39, 0.29) is 22.9 Å². The summed E-state index contributed by atoms with van der Waals surface area (Å²) in [4.78, 5) is 20.4. The number of aromatic nitrogens is 2. The van der Waals surface area contributed by atoms with Gasteiger partial charge in [0.05, 0.1) is 36.4 Å². The van der Waals surface area contributed by atoms with Gasteiger partial charge >= 0.3 is 0 Å². The highest BCUT2D eigenvalue weighted by atomic mass is 35.5. The van der Waals surface area contributed by atoms with Gasteiger partial charge in [-0.2, -0.15) is 0 Å². The van der Waals surface area contributed by atoms with E-state index in [2.05, 4.69) is 15.3 Å². The molecule has 0 aliphatic rings. The Hall–Kier alpha value is -4.48. The number of amides is 1. The molecule has 0 aliphatic carbocycles. The maximum atomic E-state index is 15.4. The number of carbonyl (C=O) groups excluding carboxylic acids is 1. The Bertz CT molecular complexity index is 2270. The predicted octanol–water partition coefficient (Wildman–Crippen LogP) is 11.4. The molecule has 0 radical (unpaired) electrons. The minimum absolute atomic E-state index is 0.0552. The van der Waals surface area contributed by atoms with Crippen molar-refractivity contribution in [2.24, 2.45) is 5.73 Å². The maximum absolute atomic E-state index is 15.4. The van der Waals surface area contributed by atoms with Gasteiger partial charge in [0.25, 0.3) is 0 Å². The van der Waals surface area contributed by atoms with Crippen LogP contribution in [0.25, 0.3) is 22.3 Å². The van der Waals surface area contributed by atoms with Crippen molar-refractivity contribution in [1.29, 1.82) is 0 Å². The third kappa shape index (κ3) is 14.1. The van der Waals surface area contributed by atoms with Gasteiger partial charge in [0.2, 0.25) is 5.91 Å². The van der Waals surface area contributed by atoms with Crippen molar-refractivity contribution >= 4 is 63.9 Å². The molecule has 2 heterocycles. The SMILES string of the molecule is COc1ccc(Cc2ccc(CCC(=O)NCCCl)nc2)c(F)c1-c1cccc(Cl)c1.COc1ccc(Cc2ccc(CN)nc2)c(F)c1-c1cccc(Cl)c1.ClCCl. The zero-order chi connectivity index (χ0) is 42.7. The highest BCUT2D eigenvalue weighted by Gasteiger charge is 2.18. The van der Waals surface area contributed by atoms with Gasteiger partial charge in [-0.15, -0.1) is 34.8 Å². The lowest BCUT2D eigenvalue weighted by Gasteiger charge is -2.14. The van der Waals surface area contributed by atoms with E-state index in [4.69, 9.17) is 73.2 Å². The first-order chi connectivity index (χ1) is 28.5. The second-order valence-electron chi connectivity index (χ2n) is 12.8. The smallest absolute Gasteiger partial charge is 0.220 e. The minimum atomic E-state index is -0.346. The molecule has 310 valence electrons. The number of benzene rings is 4. The van der Waals surface area contributed by atoms with Crippen molar-refractivity contribution in [3.63, 3.8) is 0 Å². The number of nitrogens with two attached hydrogens (primary N) is 1.